The molecule has 0 aliphatic rings. The van der Waals surface area contributed by atoms with Gasteiger partial charge in [-0.25, -0.2) is 4.39 Å². The Morgan fingerprint density at radius 2 is 2.19 bits per heavy atom. The van der Waals surface area contributed by atoms with Gasteiger partial charge in [0.2, 0.25) is 0 Å². The van der Waals surface area contributed by atoms with Gasteiger partial charge >= 0.3 is 0 Å². The molecular weight excluding hydrogens is 229 g/mol. The molecule has 0 amide bonds. The predicted octanol–water partition coefficient (Wildman–Crippen LogP) is 3.00. The first kappa shape index (κ1) is 13.4. The van der Waals surface area contributed by atoms with Gasteiger partial charge in [0, 0.05) is 12.1 Å². The lowest BCUT2D eigenvalue weighted by atomic mass is 10.2. The number of ether oxygens (including phenoxy) is 1. The zero-order valence-corrected chi connectivity index (χ0v) is 10.2. The minimum absolute atomic E-state index is 0.144. The summed E-state index contributed by atoms with van der Waals surface area (Å²) in [5, 5.41) is 3.35. The van der Waals surface area contributed by atoms with Gasteiger partial charge in [-0.3, -0.25) is 0 Å². The molecule has 0 atom stereocenters. The molecule has 16 heavy (non-hydrogen) atoms. The van der Waals surface area contributed by atoms with Crippen molar-refractivity contribution in [3.8, 4) is 0 Å². The summed E-state index contributed by atoms with van der Waals surface area (Å²) < 4.78 is 18.7. The summed E-state index contributed by atoms with van der Waals surface area (Å²) >= 11 is 5.65. The Labute approximate surface area is 101 Å². The van der Waals surface area contributed by atoms with E-state index in [2.05, 4.69) is 12.2 Å². The van der Waals surface area contributed by atoms with E-state index in [9.17, 15) is 4.39 Å². The first-order valence-electron chi connectivity index (χ1n) is 5.47. The number of hydrogen-bond donors (Lipinski definition) is 1. The summed E-state index contributed by atoms with van der Waals surface area (Å²) in [7, 11) is 0. The number of rotatable bonds is 7. The minimum Gasteiger partial charge on any atom is -0.375 e. The molecule has 0 saturated heterocycles. The zero-order chi connectivity index (χ0) is 11.8. The van der Waals surface area contributed by atoms with Crippen molar-refractivity contribution in [2.45, 2.75) is 20.0 Å². The van der Waals surface area contributed by atoms with Gasteiger partial charge in [0.1, 0.15) is 5.82 Å². The maximum Gasteiger partial charge on any atom is 0.147 e. The molecular formula is C12H17ClFNO. The first-order chi connectivity index (χ1) is 7.75. The van der Waals surface area contributed by atoms with E-state index in [1.165, 1.54) is 6.07 Å². The largest absolute Gasteiger partial charge is 0.375 e. The molecule has 0 fully saturated rings. The molecule has 0 aliphatic heterocycles. The molecule has 0 aliphatic carbocycles. The van der Waals surface area contributed by atoms with Crippen molar-refractivity contribution in [3.05, 3.63) is 34.6 Å². The molecule has 0 saturated carbocycles. The van der Waals surface area contributed by atoms with Gasteiger partial charge in [-0.2, -0.15) is 0 Å². The monoisotopic (exact) mass is 245 g/mol. The molecule has 90 valence electrons. The molecule has 0 unspecified atom stereocenters. The van der Waals surface area contributed by atoms with Crippen LogP contribution in [-0.2, 0) is 11.3 Å². The average molecular weight is 246 g/mol. The van der Waals surface area contributed by atoms with Crippen molar-refractivity contribution in [1.29, 1.82) is 0 Å². The maximum absolute atomic E-state index is 13.4. The van der Waals surface area contributed by atoms with Crippen LogP contribution in [0.15, 0.2) is 18.2 Å². The summed E-state index contributed by atoms with van der Waals surface area (Å²) in [6.45, 7) is 4.71. The van der Waals surface area contributed by atoms with Crippen LogP contribution in [0.4, 0.5) is 4.39 Å². The summed E-state index contributed by atoms with van der Waals surface area (Å²) in [5.74, 6) is -0.384. The third-order valence-corrected chi connectivity index (χ3v) is 2.43. The molecule has 1 aromatic carbocycles. The van der Waals surface area contributed by atoms with Crippen molar-refractivity contribution >= 4 is 11.6 Å². The van der Waals surface area contributed by atoms with E-state index in [4.69, 9.17) is 16.3 Å². The Hall–Kier alpha value is -0.640. The topological polar surface area (TPSA) is 21.3 Å². The fraction of sp³-hybridized carbons (Fsp3) is 0.500. The fourth-order valence-electron chi connectivity index (χ4n) is 1.29. The van der Waals surface area contributed by atoms with Gasteiger partial charge in [-0.1, -0.05) is 30.7 Å². The summed E-state index contributed by atoms with van der Waals surface area (Å²) in [5.41, 5.74) is 0.503. The van der Waals surface area contributed by atoms with E-state index < -0.39 is 0 Å². The molecule has 1 N–H and O–H groups in total. The fourth-order valence-corrected chi connectivity index (χ4v) is 1.48. The number of nitrogens with one attached hydrogen (secondary N) is 1. The van der Waals surface area contributed by atoms with Gasteiger partial charge in [0.15, 0.2) is 0 Å². The number of halogens is 2. The Morgan fingerprint density at radius 1 is 1.38 bits per heavy atom. The van der Waals surface area contributed by atoms with Crippen LogP contribution in [0.3, 0.4) is 0 Å². The molecule has 0 radical (unpaired) electrons. The number of benzene rings is 1. The summed E-state index contributed by atoms with van der Waals surface area (Å²) in [4.78, 5) is 0. The lowest BCUT2D eigenvalue weighted by molar-refractivity contribution is 0.120. The Balaban J connectivity index is 2.24. The maximum atomic E-state index is 13.4. The van der Waals surface area contributed by atoms with Crippen LogP contribution in [0.1, 0.15) is 18.9 Å². The molecule has 0 spiro atoms. The van der Waals surface area contributed by atoms with E-state index in [0.717, 1.165) is 19.5 Å². The highest BCUT2D eigenvalue weighted by Crippen LogP contribution is 2.18. The first-order valence-corrected chi connectivity index (χ1v) is 5.85. The van der Waals surface area contributed by atoms with E-state index in [0.29, 0.717) is 12.2 Å². The SMILES string of the molecule is CCCNCCOCc1cccc(Cl)c1F. The van der Waals surface area contributed by atoms with Crippen molar-refractivity contribution in [1.82, 2.24) is 5.32 Å². The molecule has 0 aromatic heterocycles. The second-order valence-electron chi connectivity index (χ2n) is 3.52. The van der Waals surface area contributed by atoms with Crippen LogP contribution in [0.5, 0.6) is 0 Å². The van der Waals surface area contributed by atoms with Crippen molar-refractivity contribution in [2.24, 2.45) is 0 Å². The highest BCUT2D eigenvalue weighted by Gasteiger charge is 2.05. The lowest BCUT2D eigenvalue weighted by Crippen LogP contribution is -2.20. The lowest BCUT2D eigenvalue weighted by Gasteiger charge is -2.06. The standard InChI is InChI=1S/C12H17ClFNO/c1-2-6-15-7-8-16-9-10-4-3-5-11(13)12(10)14/h3-5,15H,2,6-9H2,1H3. The molecule has 2 nitrogen and oxygen atoms in total. The molecule has 4 heteroatoms. The van der Waals surface area contributed by atoms with E-state index >= 15 is 0 Å². The van der Waals surface area contributed by atoms with Crippen LogP contribution in [0.25, 0.3) is 0 Å². The van der Waals surface area contributed by atoms with Crippen molar-refractivity contribution < 1.29 is 9.13 Å². The van der Waals surface area contributed by atoms with Gasteiger partial charge in [-0.05, 0) is 19.0 Å². The van der Waals surface area contributed by atoms with Crippen LogP contribution >= 0.6 is 11.6 Å². The van der Waals surface area contributed by atoms with E-state index in [1.807, 2.05) is 0 Å². The third kappa shape index (κ3) is 4.47. The third-order valence-electron chi connectivity index (χ3n) is 2.14. The van der Waals surface area contributed by atoms with Crippen molar-refractivity contribution in [2.75, 3.05) is 19.7 Å². The van der Waals surface area contributed by atoms with Crippen LogP contribution in [0.2, 0.25) is 5.02 Å². The highest BCUT2D eigenvalue weighted by molar-refractivity contribution is 6.30. The van der Waals surface area contributed by atoms with E-state index in [-0.39, 0.29) is 17.4 Å². The minimum atomic E-state index is -0.384. The molecule has 0 heterocycles. The van der Waals surface area contributed by atoms with Crippen molar-refractivity contribution in [3.63, 3.8) is 0 Å². The van der Waals surface area contributed by atoms with Crippen LogP contribution in [0, 0.1) is 5.82 Å². The second-order valence-corrected chi connectivity index (χ2v) is 3.92. The van der Waals surface area contributed by atoms with Gasteiger partial charge in [0.05, 0.1) is 18.2 Å². The van der Waals surface area contributed by atoms with Crippen LogP contribution in [-0.4, -0.2) is 19.7 Å². The number of hydrogen-bond acceptors (Lipinski definition) is 2. The summed E-state index contributed by atoms with van der Waals surface area (Å²) in [6.07, 6.45) is 1.10. The average Bonchev–Trinajstić information content (AvgIpc) is 2.29. The molecule has 0 bridgehead atoms. The summed E-state index contributed by atoms with van der Waals surface area (Å²) in [6, 6.07) is 4.93. The van der Waals surface area contributed by atoms with Gasteiger partial charge < -0.3 is 10.1 Å². The Kier molecular flexibility index (Phi) is 6.38. The zero-order valence-electron chi connectivity index (χ0n) is 9.43. The van der Waals surface area contributed by atoms with Gasteiger partial charge in [0.25, 0.3) is 0 Å². The molecule has 1 aromatic rings. The quantitative estimate of drug-likeness (QED) is 0.746. The Morgan fingerprint density at radius 3 is 2.94 bits per heavy atom. The molecule has 1 rings (SSSR count). The van der Waals surface area contributed by atoms with Gasteiger partial charge in [-0.15, -0.1) is 0 Å². The normalized spacial score (nSPS) is 10.7. The predicted molar refractivity (Wildman–Crippen MR) is 64.2 cm³/mol. The highest BCUT2D eigenvalue weighted by atomic mass is 35.5. The van der Waals surface area contributed by atoms with Crippen LogP contribution < -0.4 is 5.32 Å². The smallest absolute Gasteiger partial charge is 0.147 e. The second kappa shape index (κ2) is 7.60. The Bertz CT molecular complexity index is 320. The van der Waals surface area contributed by atoms with E-state index in [1.54, 1.807) is 12.1 Å².